The van der Waals surface area contributed by atoms with E-state index in [2.05, 4.69) is 10.1 Å². The number of hydrogen-bond acceptors (Lipinski definition) is 4. The number of hydrogen-bond donors (Lipinski definition) is 1. The first-order chi connectivity index (χ1) is 9.28. The molecule has 0 amide bonds. The molecule has 0 radical (unpaired) electrons. The van der Waals surface area contributed by atoms with E-state index in [4.69, 9.17) is 4.74 Å². The highest BCUT2D eigenvalue weighted by atomic mass is 16.5. The number of benzene rings is 1. The van der Waals surface area contributed by atoms with Crippen LogP contribution in [0.25, 0.3) is 0 Å². The van der Waals surface area contributed by atoms with Crippen molar-refractivity contribution in [3.63, 3.8) is 0 Å². The van der Waals surface area contributed by atoms with Crippen LogP contribution in [0.1, 0.15) is 36.2 Å². The minimum atomic E-state index is -0.479. The van der Waals surface area contributed by atoms with Gasteiger partial charge in [-0.3, -0.25) is 0 Å². The highest BCUT2D eigenvalue weighted by molar-refractivity contribution is 5.35. The van der Waals surface area contributed by atoms with Gasteiger partial charge in [-0.25, -0.2) is 9.67 Å². The fraction of sp³-hybridized carbons (Fsp3) is 0.429. The van der Waals surface area contributed by atoms with Crippen LogP contribution in [0.4, 0.5) is 0 Å². The van der Waals surface area contributed by atoms with E-state index >= 15 is 0 Å². The van der Waals surface area contributed by atoms with Crippen LogP contribution in [-0.4, -0.2) is 27.0 Å². The van der Waals surface area contributed by atoms with E-state index in [1.165, 1.54) is 0 Å². The number of methoxy groups -OCH3 is 1. The lowest BCUT2D eigenvalue weighted by Crippen LogP contribution is -2.16. The van der Waals surface area contributed by atoms with E-state index in [-0.39, 0.29) is 0 Å². The molecule has 19 heavy (non-hydrogen) atoms. The summed E-state index contributed by atoms with van der Waals surface area (Å²) in [5.74, 6) is 2.27. The largest absolute Gasteiger partial charge is 0.496 e. The summed E-state index contributed by atoms with van der Waals surface area (Å²) in [6, 6.07) is 7.86. The van der Waals surface area contributed by atoms with E-state index < -0.39 is 6.10 Å². The zero-order chi connectivity index (χ0) is 13.2. The SMILES string of the molecule is COc1ccccc1Cc1nc2n(n1)CCCC2O. The van der Waals surface area contributed by atoms with Crippen molar-refractivity contribution < 1.29 is 9.84 Å². The zero-order valence-electron chi connectivity index (χ0n) is 10.9. The van der Waals surface area contributed by atoms with Crippen LogP contribution in [-0.2, 0) is 13.0 Å². The summed E-state index contributed by atoms with van der Waals surface area (Å²) in [6.07, 6.45) is 1.86. The molecule has 1 aromatic heterocycles. The standard InChI is InChI=1S/C14H17N3O2/c1-19-12-7-3-2-5-10(12)9-13-15-14-11(18)6-4-8-17(14)16-13/h2-3,5,7,11,18H,4,6,8-9H2,1H3. The molecule has 5 nitrogen and oxygen atoms in total. The van der Waals surface area contributed by atoms with Crippen molar-refractivity contribution in [2.24, 2.45) is 0 Å². The van der Waals surface area contributed by atoms with Crippen molar-refractivity contribution in [2.75, 3.05) is 7.11 Å². The van der Waals surface area contributed by atoms with Gasteiger partial charge in [0.25, 0.3) is 0 Å². The smallest absolute Gasteiger partial charge is 0.156 e. The Morgan fingerprint density at radius 1 is 1.42 bits per heavy atom. The molecule has 2 aromatic rings. The second-order valence-electron chi connectivity index (χ2n) is 4.76. The van der Waals surface area contributed by atoms with Gasteiger partial charge in [-0.1, -0.05) is 18.2 Å². The molecule has 0 bridgehead atoms. The van der Waals surface area contributed by atoms with Gasteiger partial charge in [0.15, 0.2) is 11.6 Å². The van der Waals surface area contributed by atoms with E-state index in [9.17, 15) is 5.11 Å². The monoisotopic (exact) mass is 259 g/mol. The van der Waals surface area contributed by atoms with Crippen LogP contribution >= 0.6 is 0 Å². The normalized spacial score (nSPS) is 18.1. The van der Waals surface area contributed by atoms with Crippen LogP contribution in [0.5, 0.6) is 5.75 Å². The molecule has 0 fully saturated rings. The van der Waals surface area contributed by atoms with Gasteiger partial charge in [0, 0.05) is 18.5 Å². The molecule has 1 aliphatic heterocycles. The minimum Gasteiger partial charge on any atom is -0.496 e. The summed E-state index contributed by atoms with van der Waals surface area (Å²) in [4.78, 5) is 4.45. The van der Waals surface area contributed by atoms with Crippen molar-refractivity contribution in [1.29, 1.82) is 0 Å². The molecule has 100 valence electrons. The van der Waals surface area contributed by atoms with Gasteiger partial charge < -0.3 is 9.84 Å². The molecule has 5 heteroatoms. The van der Waals surface area contributed by atoms with Gasteiger partial charge in [-0.05, 0) is 18.9 Å². The fourth-order valence-corrected chi connectivity index (χ4v) is 2.47. The third-order valence-corrected chi connectivity index (χ3v) is 3.43. The predicted octanol–water partition coefficient (Wildman–Crippen LogP) is 1.70. The summed E-state index contributed by atoms with van der Waals surface area (Å²) in [5, 5.41) is 14.4. The average molecular weight is 259 g/mol. The summed E-state index contributed by atoms with van der Waals surface area (Å²) >= 11 is 0. The predicted molar refractivity (Wildman–Crippen MR) is 70.0 cm³/mol. The minimum absolute atomic E-state index is 0.479. The van der Waals surface area contributed by atoms with Crippen molar-refractivity contribution in [1.82, 2.24) is 14.8 Å². The number of aliphatic hydroxyl groups excluding tert-OH is 1. The molecule has 0 saturated heterocycles. The van der Waals surface area contributed by atoms with Gasteiger partial charge in [0.2, 0.25) is 0 Å². The highest BCUT2D eigenvalue weighted by Crippen LogP contribution is 2.24. The Morgan fingerprint density at radius 3 is 3.05 bits per heavy atom. The fourth-order valence-electron chi connectivity index (χ4n) is 2.47. The Balaban J connectivity index is 1.88. The summed E-state index contributed by atoms with van der Waals surface area (Å²) in [5.41, 5.74) is 1.06. The number of nitrogens with zero attached hydrogens (tertiary/aromatic N) is 3. The molecule has 1 unspecified atom stereocenters. The highest BCUT2D eigenvalue weighted by Gasteiger charge is 2.22. The van der Waals surface area contributed by atoms with Gasteiger partial charge in [0.05, 0.1) is 7.11 Å². The van der Waals surface area contributed by atoms with Crippen molar-refractivity contribution >= 4 is 0 Å². The molecule has 3 rings (SSSR count). The molecule has 0 spiro atoms. The molecule has 1 aromatic carbocycles. The maximum atomic E-state index is 9.89. The Labute approximate surface area is 111 Å². The van der Waals surface area contributed by atoms with Crippen LogP contribution < -0.4 is 4.74 Å². The number of aliphatic hydroxyl groups is 1. The molecule has 0 aliphatic carbocycles. The maximum Gasteiger partial charge on any atom is 0.156 e. The van der Waals surface area contributed by atoms with Gasteiger partial charge in [-0.15, -0.1) is 0 Å². The Hall–Kier alpha value is -1.88. The van der Waals surface area contributed by atoms with Crippen LogP contribution in [0.15, 0.2) is 24.3 Å². The van der Waals surface area contributed by atoms with Crippen LogP contribution in [0, 0.1) is 0 Å². The second kappa shape index (κ2) is 5.01. The molecular formula is C14H17N3O2. The van der Waals surface area contributed by atoms with Crippen LogP contribution in [0.2, 0.25) is 0 Å². The summed E-state index contributed by atoms with van der Waals surface area (Å²) < 4.78 is 7.15. The lowest BCUT2D eigenvalue weighted by atomic mass is 10.1. The summed E-state index contributed by atoms with van der Waals surface area (Å²) in [7, 11) is 1.66. The number of aryl methyl sites for hydroxylation is 1. The van der Waals surface area contributed by atoms with E-state index in [1.54, 1.807) is 7.11 Å². The van der Waals surface area contributed by atoms with E-state index in [0.29, 0.717) is 12.2 Å². The Kier molecular flexibility index (Phi) is 3.21. The van der Waals surface area contributed by atoms with Gasteiger partial charge >= 0.3 is 0 Å². The molecule has 1 atom stereocenters. The topological polar surface area (TPSA) is 60.2 Å². The lowest BCUT2D eigenvalue weighted by Gasteiger charge is -2.16. The third-order valence-electron chi connectivity index (χ3n) is 3.43. The molecule has 1 aliphatic rings. The number of fused-ring (bicyclic) bond motifs is 1. The molecule has 2 heterocycles. The van der Waals surface area contributed by atoms with E-state index in [0.717, 1.165) is 36.5 Å². The van der Waals surface area contributed by atoms with Crippen molar-refractivity contribution in [2.45, 2.75) is 31.9 Å². The van der Waals surface area contributed by atoms with Crippen molar-refractivity contribution in [3.8, 4) is 5.75 Å². The number of ether oxygens (including phenoxy) is 1. The quantitative estimate of drug-likeness (QED) is 0.911. The number of rotatable bonds is 3. The molecule has 1 N–H and O–H groups in total. The Bertz CT molecular complexity index is 580. The average Bonchev–Trinajstić information content (AvgIpc) is 2.83. The third kappa shape index (κ3) is 2.33. The second-order valence-corrected chi connectivity index (χ2v) is 4.76. The first-order valence-corrected chi connectivity index (χ1v) is 6.51. The Morgan fingerprint density at radius 2 is 2.26 bits per heavy atom. The van der Waals surface area contributed by atoms with Gasteiger partial charge in [-0.2, -0.15) is 5.10 Å². The zero-order valence-corrected chi connectivity index (χ0v) is 10.9. The summed E-state index contributed by atoms with van der Waals surface area (Å²) in [6.45, 7) is 0.839. The lowest BCUT2D eigenvalue weighted by molar-refractivity contribution is 0.130. The molecular weight excluding hydrogens is 242 g/mol. The first kappa shape index (κ1) is 12.2. The molecule has 0 saturated carbocycles. The van der Waals surface area contributed by atoms with E-state index in [1.807, 2.05) is 28.9 Å². The maximum absolute atomic E-state index is 9.89. The number of aromatic nitrogens is 3. The first-order valence-electron chi connectivity index (χ1n) is 6.51. The van der Waals surface area contributed by atoms with Crippen LogP contribution in [0.3, 0.4) is 0 Å². The van der Waals surface area contributed by atoms with Gasteiger partial charge in [0.1, 0.15) is 11.9 Å². The number of para-hydroxylation sites is 1. The van der Waals surface area contributed by atoms with Crippen molar-refractivity contribution in [3.05, 3.63) is 41.5 Å².